The smallest absolute Gasteiger partial charge is 0.290 e. The lowest BCUT2D eigenvalue weighted by molar-refractivity contribution is -0.128. The van der Waals surface area contributed by atoms with E-state index in [2.05, 4.69) is 35.9 Å². The minimum absolute atomic E-state index is 0.00932. The number of nitrogens with zero attached hydrogens (tertiary/aromatic N) is 5. The number of rotatable bonds is 8. The highest BCUT2D eigenvalue weighted by Gasteiger charge is 2.31. The summed E-state index contributed by atoms with van der Waals surface area (Å²) in [5.74, 6) is 1.92. The molecule has 2 aromatic carbocycles. The fraction of sp³-hybridized carbons (Fsp3) is 0.500. The minimum atomic E-state index is -0.138. The molecule has 0 N–H and O–H groups in total. The van der Waals surface area contributed by atoms with Gasteiger partial charge in [-0.3, -0.25) is 9.59 Å². The molecule has 2 aromatic heterocycles. The van der Waals surface area contributed by atoms with E-state index in [1.807, 2.05) is 47.4 Å². The first-order valence-corrected chi connectivity index (χ1v) is 16.7. The summed E-state index contributed by atoms with van der Waals surface area (Å²) in [5.41, 5.74) is 3.87. The molecule has 3 aliphatic heterocycles. The molecule has 0 spiro atoms. The van der Waals surface area contributed by atoms with E-state index >= 15 is 0 Å². The highest BCUT2D eigenvalue weighted by Crippen LogP contribution is 2.34. The topological polar surface area (TPSA) is 103 Å². The van der Waals surface area contributed by atoms with Gasteiger partial charge in [-0.1, -0.05) is 20.8 Å². The van der Waals surface area contributed by atoms with Gasteiger partial charge in [-0.15, -0.1) is 0 Å². The van der Waals surface area contributed by atoms with Crippen molar-refractivity contribution in [3.8, 4) is 22.8 Å². The van der Waals surface area contributed by atoms with Crippen LogP contribution in [0.15, 0.2) is 57.8 Å². The van der Waals surface area contributed by atoms with Crippen molar-refractivity contribution in [1.82, 2.24) is 24.7 Å². The third-order valence-electron chi connectivity index (χ3n) is 9.75. The van der Waals surface area contributed by atoms with Crippen LogP contribution in [0.1, 0.15) is 76.1 Å². The molecule has 10 nitrogen and oxygen atoms in total. The minimum Gasteiger partial charge on any atom is -0.457 e. The Morgan fingerprint density at radius 2 is 1.70 bits per heavy atom. The van der Waals surface area contributed by atoms with Gasteiger partial charge in [-0.25, -0.2) is 0 Å². The standard InChI is InChI=1S/C36H43N5O5/c1-23(2)31-8-9-32(38-37-31)25-4-6-29(7-5-25)45-33-20-30-34(19-26(33)22-40-21-24(3)18-35(40)42)46-41(36(30)43)28-10-14-39(15-11-28)27-12-16-44-17-13-27/h4-9,19-20,23-24,27-28H,10-18,21-22H2,1-3H3/t24-/m0/s1. The maximum Gasteiger partial charge on any atom is 0.290 e. The van der Waals surface area contributed by atoms with E-state index in [-0.39, 0.29) is 17.5 Å². The van der Waals surface area contributed by atoms with Crippen molar-refractivity contribution in [2.75, 3.05) is 32.8 Å². The maximum atomic E-state index is 13.7. The SMILES string of the molecule is CC(C)c1ccc(-c2ccc(Oc3cc4c(=O)n(C5CCN(C6CCOCC6)CC5)oc4cc3CN3C[C@@H](C)CC3=O)cc2)nn1. The number of hydrogen-bond acceptors (Lipinski definition) is 8. The monoisotopic (exact) mass is 625 g/mol. The van der Waals surface area contributed by atoms with Crippen LogP contribution in [0.4, 0.5) is 0 Å². The van der Waals surface area contributed by atoms with Crippen molar-refractivity contribution >= 4 is 16.9 Å². The van der Waals surface area contributed by atoms with E-state index in [0.717, 1.165) is 74.5 Å². The molecular weight excluding hydrogens is 582 g/mol. The molecule has 0 aliphatic carbocycles. The van der Waals surface area contributed by atoms with Crippen molar-refractivity contribution in [3.05, 3.63) is 70.1 Å². The molecule has 46 heavy (non-hydrogen) atoms. The van der Waals surface area contributed by atoms with Crippen LogP contribution in [0.25, 0.3) is 22.2 Å². The predicted octanol–water partition coefficient (Wildman–Crippen LogP) is 6.15. The molecule has 1 atom stereocenters. The average Bonchev–Trinajstić information content (AvgIpc) is 3.57. The summed E-state index contributed by atoms with van der Waals surface area (Å²) in [4.78, 5) is 30.9. The summed E-state index contributed by atoms with van der Waals surface area (Å²) in [6.45, 7) is 10.9. The van der Waals surface area contributed by atoms with Crippen LogP contribution >= 0.6 is 0 Å². The number of ether oxygens (including phenoxy) is 2. The van der Waals surface area contributed by atoms with Gasteiger partial charge in [-0.05, 0) is 86.1 Å². The lowest BCUT2D eigenvalue weighted by Gasteiger charge is -2.38. The number of piperidine rings is 1. The van der Waals surface area contributed by atoms with Gasteiger partial charge in [0.25, 0.3) is 5.56 Å². The average molecular weight is 626 g/mol. The number of carbonyl (C=O) groups excluding carboxylic acids is 1. The van der Waals surface area contributed by atoms with Crippen molar-refractivity contribution in [2.45, 2.75) is 77.4 Å². The molecule has 4 aromatic rings. The van der Waals surface area contributed by atoms with E-state index in [1.165, 1.54) is 0 Å². The largest absolute Gasteiger partial charge is 0.457 e. The van der Waals surface area contributed by atoms with Crippen LogP contribution in [0.2, 0.25) is 0 Å². The Hall–Kier alpha value is -4.02. The second-order valence-electron chi connectivity index (χ2n) is 13.5. The Bertz CT molecular complexity index is 1730. The summed E-state index contributed by atoms with van der Waals surface area (Å²) in [5, 5.41) is 9.24. The third-order valence-corrected chi connectivity index (χ3v) is 9.75. The molecule has 7 rings (SSSR count). The van der Waals surface area contributed by atoms with Gasteiger partial charge >= 0.3 is 0 Å². The zero-order valence-corrected chi connectivity index (χ0v) is 27.0. The Morgan fingerprint density at radius 3 is 2.35 bits per heavy atom. The number of aromatic nitrogens is 3. The summed E-state index contributed by atoms with van der Waals surface area (Å²) >= 11 is 0. The number of likely N-dealkylation sites (tertiary alicyclic amines) is 2. The molecule has 0 saturated carbocycles. The molecule has 5 heterocycles. The molecule has 0 unspecified atom stereocenters. The second kappa shape index (κ2) is 13.0. The van der Waals surface area contributed by atoms with E-state index < -0.39 is 0 Å². The van der Waals surface area contributed by atoms with Crippen LogP contribution in [0.3, 0.4) is 0 Å². The van der Waals surface area contributed by atoms with Gasteiger partial charge in [0, 0.05) is 63.0 Å². The number of amides is 1. The fourth-order valence-corrected chi connectivity index (χ4v) is 7.06. The molecule has 3 fully saturated rings. The van der Waals surface area contributed by atoms with Gasteiger partial charge < -0.3 is 23.8 Å². The molecule has 1 amide bonds. The van der Waals surface area contributed by atoms with Gasteiger partial charge in [-0.2, -0.15) is 14.9 Å². The Kier molecular flexibility index (Phi) is 8.66. The highest BCUT2D eigenvalue weighted by atomic mass is 16.5. The van der Waals surface area contributed by atoms with Crippen molar-refractivity contribution in [2.24, 2.45) is 5.92 Å². The van der Waals surface area contributed by atoms with Gasteiger partial charge in [0.15, 0.2) is 5.58 Å². The van der Waals surface area contributed by atoms with Gasteiger partial charge in [0.1, 0.15) is 11.5 Å². The third kappa shape index (κ3) is 6.33. The lowest BCUT2D eigenvalue weighted by Crippen LogP contribution is -2.45. The van der Waals surface area contributed by atoms with Gasteiger partial charge in [0.2, 0.25) is 5.91 Å². The first-order chi connectivity index (χ1) is 22.3. The summed E-state index contributed by atoms with van der Waals surface area (Å²) in [6, 6.07) is 15.9. The normalized spacial score (nSPS) is 20.3. The molecular formula is C36H43N5O5. The Morgan fingerprint density at radius 1 is 0.935 bits per heavy atom. The first kappa shape index (κ1) is 30.6. The molecule has 10 heteroatoms. The van der Waals surface area contributed by atoms with Crippen molar-refractivity contribution in [1.29, 1.82) is 0 Å². The quantitative estimate of drug-likeness (QED) is 0.230. The van der Waals surface area contributed by atoms with Crippen LogP contribution < -0.4 is 10.3 Å². The number of benzene rings is 2. The van der Waals surface area contributed by atoms with Gasteiger partial charge in [0.05, 0.1) is 22.8 Å². The van der Waals surface area contributed by atoms with Crippen LogP contribution in [-0.4, -0.2) is 69.5 Å². The van der Waals surface area contributed by atoms with E-state index in [1.54, 1.807) is 10.8 Å². The number of carbonyl (C=O) groups is 1. The molecule has 242 valence electrons. The molecule has 0 bridgehead atoms. The summed E-state index contributed by atoms with van der Waals surface area (Å²) in [7, 11) is 0. The predicted molar refractivity (Wildman–Crippen MR) is 175 cm³/mol. The van der Waals surface area contributed by atoms with Crippen molar-refractivity contribution in [3.63, 3.8) is 0 Å². The number of hydrogen-bond donors (Lipinski definition) is 0. The lowest BCUT2D eigenvalue weighted by atomic mass is 10.00. The fourth-order valence-electron chi connectivity index (χ4n) is 7.06. The summed E-state index contributed by atoms with van der Waals surface area (Å²) in [6.07, 6.45) is 4.41. The van der Waals surface area contributed by atoms with E-state index in [0.29, 0.717) is 59.9 Å². The second-order valence-corrected chi connectivity index (χ2v) is 13.5. The van der Waals surface area contributed by atoms with Crippen LogP contribution in [0, 0.1) is 5.92 Å². The van der Waals surface area contributed by atoms with Crippen LogP contribution in [0.5, 0.6) is 11.5 Å². The molecule has 3 saturated heterocycles. The summed E-state index contributed by atoms with van der Waals surface area (Å²) < 4.78 is 19.8. The zero-order chi connectivity index (χ0) is 31.8. The van der Waals surface area contributed by atoms with Crippen LogP contribution in [-0.2, 0) is 16.1 Å². The Labute approximate surface area is 269 Å². The highest BCUT2D eigenvalue weighted by molar-refractivity contribution is 5.81. The zero-order valence-electron chi connectivity index (χ0n) is 27.0. The maximum absolute atomic E-state index is 13.7. The number of fused-ring (bicyclic) bond motifs is 1. The molecule has 0 radical (unpaired) electrons. The van der Waals surface area contributed by atoms with E-state index in [9.17, 15) is 9.59 Å². The van der Waals surface area contributed by atoms with E-state index in [4.69, 9.17) is 14.0 Å². The first-order valence-electron chi connectivity index (χ1n) is 16.7. The molecule has 3 aliphatic rings. The Balaban J connectivity index is 1.15. The van der Waals surface area contributed by atoms with Crippen molar-refractivity contribution < 1.29 is 18.8 Å².